The summed E-state index contributed by atoms with van der Waals surface area (Å²) in [4.78, 5) is 2.49. The monoisotopic (exact) mass is 224 g/mol. The molecule has 3 heteroatoms. The lowest BCUT2D eigenvalue weighted by Crippen LogP contribution is -2.56. The Bertz CT molecular complexity index is 323. The average Bonchev–Trinajstić information content (AvgIpc) is 2.14. The molecule has 2 nitrogen and oxygen atoms in total. The molecule has 1 aliphatic rings. The van der Waals surface area contributed by atoms with E-state index in [2.05, 4.69) is 29.3 Å². The van der Waals surface area contributed by atoms with Crippen molar-refractivity contribution in [3.63, 3.8) is 0 Å². The molecule has 1 aromatic rings. The van der Waals surface area contributed by atoms with Crippen molar-refractivity contribution in [1.82, 2.24) is 10.2 Å². The van der Waals surface area contributed by atoms with Crippen LogP contribution < -0.4 is 5.32 Å². The number of rotatable bonds is 4. The molecule has 0 radical (unpaired) electrons. The van der Waals surface area contributed by atoms with E-state index in [1.807, 2.05) is 12.1 Å². The average molecular weight is 225 g/mol. The van der Waals surface area contributed by atoms with Crippen LogP contribution in [0.4, 0.5) is 0 Å². The lowest BCUT2D eigenvalue weighted by Gasteiger charge is -2.37. The summed E-state index contributed by atoms with van der Waals surface area (Å²) < 4.78 is 0. The van der Waals surface area contributed by atoms with Gasteiger partial charge in [0.2, 0.25) is 0 Å². The summed E-state index contributed by atoms with van der Waals surface area (Å²) in [5.41, 5.74) is 1.30. The van der Waals surface area contributed by atoms with E-state index in [9.17, 15) is 0 Å². The Labute approximate surface area is 96.2 Å². The highest BCUT2D eigenvalue weighted by molar-refractivity contribution is 6.30. The summed E-state index contributed by atoms with van der Waals surface area (Å²) >= 11 is 5.97. The minimum Gasteiger partial charge on any atom is -0.314 e. The topological polar surface area (TPSA) is 15.3 Å². The van der Waals surface area contributed by atoms with Crippen molar-refractivity contribution in [3.8, 4) is 0 Å². The zero-order chi connectivity index (χ0) is 10.7. The molecule has 0 aliphatic carbocycles. The van der Waals surface area contributed by atoms with E-state index in [4.69, 9.17) is 11.6 Å². The van der Waals surface area contributed by atoms with Crippen LogP contribution in [0.15, 0.2) is 24.3 Å². The fourth-order valence-electron chi connectivity index (χ4n) is 1.90. The largest absolute Gasteiger partial charge is 0.314 e. The molecule has 1 saturated heterocycles. The lowest BCUT2D eigenvalue weighted by molar-refractivity contribution is 0.145. The molecular formula is C12H17ClN2. The minimum absolute atomic E-state index is 0.703. The highest BCUT2D eigenvalue weighted by Gasteiger charge is 2.22. The summed E-state index contributed by atoms with van der Waals surface area (Å²) in [7, 11) is 0. The number of nitrogens with one attached hydrogen (secondary N) is 1. The third-order valence-corrected chi connectivity index (χ3v) is 3.19. The maximum absolute atomic E-state index is 5.97. The Morgan fingerprint density at radius 3 is 2.80 bits per heavy atom. The van der Waals surface area contributed by atoms with E-state index < -0.39 is 0 Å². The van der Waals surface area contributed by atoms with Gasteiger partial charge in [-0.15, -0.1) is 0 Å². The third-order valence-electron chi connectivity index (χ3n) is 2.96. The third kappa shape index (κ3) is 2.71. The van der Waals surface area contributed by atoms with E-state index in [1.54, 1.807) is 0 Å². The molecule has 0 aromatic heterocycles. The van der Waals surface area contributed by atoms with Crippen molar-refractivity contribution in [1.29, 1.82) is 0 Å². The summed E-state index contributed by atoms with van der Waals surface area (Å²) in [5, 5.41) is 4.13. The van der Waals surface area contributed by atoms with Gasteiger partial charge in [0, 0.05) is 30.7 Å². The van der Waals surface area contributed by atoms with Crippen molar-refractivity contribution in [2.75, 3.05) is 19.6 Å². The predicted molar refractivity (Wildman–Crippen MR) is 64.2 cm³/mol. The molecule has 2 rings (SSSR count). The van der Waals surface area contributed by atoms with Crippen molar-refractivity contribution < 1.29 is 0 Å². The van der Waals surface area contributed by atoms with Crippen LogP contribution in [0, 0.1) is 0 Å². The molecule has 0 unspecified atom stereocenters. The molecule has 1 heterocycles. The summed E-state index contributed by atoms with van der Waals surface area (Å²) in [6.07, 6.45) is 0. The number of nitrogens with zero attached hydrogens (tertiary/aromatic N) is 1. The van der Waals surface area contributed by atoms with Crippen molar-refractivity contribution in [2.24, 2.45) is 0 Å². The lowest BCUT2D eigenvalue weighted by atomic mass is 10.1. The Balaban J connectivity index is 1.99. The number of hydrogen-bond donors (Lipinski definition) is 1. The van der Waals surface area contributed by atoms with Crippen molar-refractivity contribution >= 4 is 11.6 Å². The van der Waals surface area contributed by atoms with Crippen LogP contribution >= 0.6 is 11.6 Å². The molecule has 0 atom stereocenters. The van der Waals surface area contributed by atoms with Gasteiger partial charge in [-0.1, -0.05) is 30.7 Å². The normalized spacial score (nSPS) is 16.7. The molecule has 1 aromatic carbocycles. The van der Waals surface area contributed by atoms with Crippen LogP contribution in [-0.2, 0) is 6.54 Å². The molecule has 0 amide bonds. The summed E-state index contributed by atoms with van der Waals surface area (Å²) in [6, 6.07) is 8.84. The second kappa shape index (κ2) is 4.97. The molecule has 0 bridgehead atoms. The minimum atomic E-state index is 0.703. The number of halogens is 1. The van der Waals surface area contributed by atoms with E-state index in [-0.39, 0.29) is 0 Å². The summed E-state index contributed by atoms with van der Waals surface area (Å²) in [6.45, 7) is 6.55. The van der Waals surface area contributed by atoms with Crippen LogP contribution in [0.25, 0.3) is 0 Å². The van der Waals surface area contributed by atoms with Gasteiger partial charge in [0.1, 0.15) is 0 Å². The van der Waals surface area contributed by atoms with E-state index in [0.29, 0.717) is 6.04 Å². The van der Waals surface area contributed by atoms with E-state index in [1.165, 1.54) is 5.56 Å². The zero-order valence-electron chi connectivity index (χ0n) is 9.04. The fourth-order valence-corrected chi connectivity index (χ4v) is 2.11. The first-order valence-corrected chi connectivity index (χ1v) is 5.86. The van der Waals surface area contributed by atoms with Gasteiger partial charge in [0.05, 0.1) is 0 Å². The van der Waals surface area contributed by atoms with Crippen LogP contribution in [0.3, 0.4) is 0 Å². The van der Waals surface area contributed by atoms with Gasteiger partial charge in [-0.05, 0) is 24.2 Å². The van der Waals surface area contributed by atoms with Crippen molar-refractivity contribution in [2.45, 2.75) is 19.5 Å². The summed E-state index contributed by atoms with van der Waals surface area (Å²) in [5.74, 6) is 0. The van der Waals surface area contributed by atoms with Crippen LogP contribution in [0.1, 0.15) is 12.5 Å². The van der Waals surface area contributed by atoms with E-state index in [0.717, 1.165) is 31.2 Å². The van der Waals surface area contributed by atoms with Gasteiger partial charge in [0.25, 0.3) is 0 Å². The number of hydrogen-bond acceptors (Lipinski definition) is 2. The van der Waals surface area contributed by atoms with Crippen LogP contribution in [-0.4, -0.2) is 30.6 Å². The second-order valence-corrected chi connectivity index (χ2v) is 4.44. The van der Waals surface area contributed by atoms with Crippen LogP contribution in [0.5, 0.6) is 0 Å². The molecule has 1 fully saturated rings. The smallest absolute Gasteiger partial charge is 0.0409 e. The van der Waals surface area contributed by atoms with Crippen molar-refractivity contribution in [3.05, 3.63) is 34.9 Å². The van der Waals surface area contributed by atoms with Crippen LogP contribution in [0.2, 0.25) is 5.02 Å². The molecule has 1 N–H and O–H groups in total. The zero-order valence-corrected chi connectivity index (χ0v) is 9.80. The highest BCUT2D eigenvalue weighted by atomic mass is 35.5. The highest BCUT2D eigenvalue weighted by Crippen LogP contribution is 2.15. The number of benzene rings is 1. The Hall–Kier alpha value is -0.570. The molecular weight excluding hydrogens is 208 g/mol. The quantitative estimate of drug-likeness (QED) is 0.843. The van der Waals surface area contributed by atoms with Gasteiger partial charge in [-0.2, -0.15) is 0 Å². The maximum Gasteiger partial charge on any atom is 0.0409 e. The van der Waals surface area contributed by atoms with Gasteiger partial charge >= 0.3 is 0 Å². The van der Waals surface area contributed by atoms with Gasteiger partial charge in [0.15, 0.2) is 0 Å². The first kappa shape index (κ1) is 10.9. The number of likely N-dealkylation sites (N-methyl/N-ethyl adjacent to an activating group) is 1. The fraction of sp³-hybridized carbons (Fsp3) is 0.500. The first-order chi connectivity index (χ1) is 7.29. The first-order valence-electron chi connectivity index (χ1n) is 5.49. The molecule has 82 valence electrons. The van der Waals surface area contributed by atoms with E-state index >= 15 is 0 Å². The SMILES string of the molecule is CCN(Cc1cccc(Cl)c1)C1CNC1. The Morgan fingerprint density at radius 2 is 2.27 bits per heavy atom. The Kier molecular flexibility index (Phi) is 3.62. The predicted octanol–water partition coefficient (Wildman–Crippen LogP) is 2.13. The second-order valence-electron chi connectivity index (χ2n) is 4.01. The molecule has 0 spiro atoms. The van der Waals surface area contributed by atoms with Gasteiger partial charge in [-0.3, -0.25) is 4.90 Å². The standard InChI is InChI=1S/C12H17ClN2/c1-2-15(12-7-14-8-12)9-10-4-3-5-11(13)6-10/h3-6,12,14H,2,7-9H2,1H3. The van der Waals surface area contributed by atoms with Gasteiger partial charge < -0.3 is 5.32 Å². The Morgan fingerprint density at radius 1 is 1.47 bits per heavy atom. The van der Waals surface area contributed by atoms with Gasteiger partial charge in [-0.25, -0.2) is 0 Å². The molecule has 0 saturated carbocycles. The molecule has 15 heavy (non-hydrogen) atoms. The maximum atomic E-state index is 5.97. The molecule has 1 aliphatic heterocycles.